The summed E-state index contributed by atoms with van der Waals surface area (Å²) in [4.78, 5) is 24.2. The maximum absolute atomic E-state index is 12.5. The lowest BCUT2D eigenvalue weighted by Crippen LogP contribution is -2.58. The van der Waals surface area contributed by atoms with Gasteiger partial charge >= 0.3 is 5.97 Å². The van der Waals surface area contributed by atoms with Crippen LogP contribution in [0.3, 0.4) is 0 Å². The zero-order chi connectivity index (χ0) is 18.4. The molecule has 2 N–H and O–H groups in total. The SMILES string of the molecule is COc1ccc(CC(C)C(=O)NC2(C(=O)O)CCOCC2)cc1OC. The van der Waals surface area contributed by atoms with Crippen LogP contribution in [0.5, 0.6) is 11.5 Å². The Kier molecular flexibility index (Phi) is 6.25. The van der Waals surface area contributed by atoms with Crippen LogP contribution >= 0.6 is 0 Å². The lowest BCUT2D eigenvalue weighted by atomic mass is 9.88. The van der Waals surface area contributed by atoms with Gasteiger partial charge in [0.25, 0.3) is 0 Å². The number of aliphatic carboxylic acids is 1. The van der Waals surface area contributed by atoms with Crippen LogP contribution in [0.25, 0.3) is 0 Å². The molecule has 0 saturated carbocycles. The Hall–Kier alpha value is -2.28. The van der Waals surface area contributed by atoms with Crippen LogP contribution < -0.4 is 14.8 Å². The number of carboxylic acid groups (broad SMARTS) is 1. The molecular weight excluding hydrogens is 326 g/mol. The normalized spacial score (nSPS) is 17.4. The average molecular weight is 351 g/mol. The predicted molar refractivity (Wildman–Crippen MR) is 91.0 cm³/mol. The third kappa shape index (κ3) is 4.42. The molecule has 7 nitrogen and oxygen atoms in total. The molecule has 25 heavy (non-hydrogen) atoms. The third-order valence-corrected chi connectivity index (χ3v) is 4.56. The Morgan fingerprint density at radius 3 is 2.44 bits per heavy atom. The number of carboxylic acids is 1. The van der Waals surface area contributed by atoms with Gasteiger partial charge in [0.1, 0.15) is 5.54 Å². The van der Waals surface area contributed by atoms with Crippen molar-refractivity contribution in [3.05, 3.63) is 23.8 Å². The second kappa shape index (κ2) is 8.20. The molecule has 1 aromatic rings. The quantitative estimate of drug-likeness (QED) is 0.775. The molecule has 0 radical (unpaired) electrons. The summed E-state index contributed by atoms with van der Waals surface area (Å²) in [7, 11) is 3.12. The largest absolute Gasteiger partial charge is 0.493 e. The zero-order valence-electron chi connectivity index (χ0n) is 14.8. The summed E-state index contributed by atoms with van der Waals surface area (Å²) in [6.07, 6.45) is 1.02. The van der Waals surface area contributed by atoms with Gasteiger partial charge in [-0.1, -0.05) is 13.0 Å². The number of hydrogen-bond donors (Lipinski definition) is 2. The standard InChI is InChI=1S/C18H25NO6/c1-12(10-13-4-5-14(23-2)15(11-13)24-3)16(20)19-18(17(21)22)6-8-25-9-7-18/h4-5,11-12H,6-10H2,1-3H3,(H,19,20)(H,21,22). The smallest absolute Gasteiger partial charge is 0.329 e. The molecule has 7 heteroatoms. The van der Waals surface area contributed by atoms with Gasteiger partial charge in [-0.15, -0.1) is 0 Å². The fraction of sp³-hybridized carbons (Fsp3) is 0.556. The van der Waals surface area contributed by atoms with E-state index in [0.717, 1.165) is 5.56 Å². The second-order valence-corrected chi connectivity index (χ2v) is 6.28. The van der Waals surface area contributed by atoms with Crippen LogP contribution in [0, 0.1) is 5.92 Å². The molecule has 0 aliphatic carbocycles. The van der Waals surface area contributed by atoms with E-state index in [1.165, 1.54) is 0 Å². The molecule has 1 fully saturated rings. The summed E-state index contributed by atoms with van der Waals surface area (Å²) < 4.78 is 15.7. The summed E-state index contributed by atoms with van der Waals surface area (Å²) in [5, 5.41) is 12.3. The summed E-state index contributed by atoms with van der Waals surface area (Å²) in [6.45, 7) is 2.44. The minimum Gasteiger partial charge on any atom is -0.493 e. The molecule has 0 bridgehead atoms. The van der Waals surface area contributed by atoms with E-state index >= 15 is 0 Å². The minimum atomic E-state index is -1.23. The molecule has 0 spiro atoms. The first-order valence-electron chi connectivity index (χ1n) is 8.26. The lowest BCUT2D eigenvalue weighted by molar-refractivity contribution is -0.152. The van der Waals surface area contributed by atoms with Crippen molar-refractivity contribution in [3.63, 3.8) is 0 Å². The number of nitrogens with one attached hydrogen (secondary N) is 1. The molecule has 138 valence electrons. The van der Waals surface area contributed by atoms with Gasteiger partial charge in [-0.25, -0.2) is 4.79 Å². The maximum Gasteiger partial charge on any atom is 0.329 e. The number of carbonyl (C=O) groups excluding carboxylic acids is 1. The summed E-state index contributed by atoms with van der Waals surface area (Å²) in [6, 6.07) is 5.48. The molecule has 1 heterocycles. The maximum atomic E-state index is 12.5. The fourth-order valence-corrected chi connectivity index (χ4v) is 2.93. The van der Waals surface area contributed by atoms with E-state index in [-0.39, 0.29) is 24.7 Å². The van der Waals surface area contributed by atoms with Crippen molar-refractivity contribution >= 4 is 11.9 Å². The van der Waals surface area contributed by atoms with E-state index in [0.29, 0.717) is 31.1 Å². The number of benzene rings is 1. The van der Waals surface area contributed by atoms with Crippen molar-refractivity contribution in [3.8, 4) is 11.5 Å². The van der Waals surface area contributed by atoms with Gasteiger partial charge in [0, 0.05) is 32.0 Å². The first kappa shape index (κ1) is 19.1. The van der Waals surface area contributed by atoms with Crippen molar-refractivity contribution in [1.29, 1.82) is 0 Å². The van der Waals surface area contributed by atoms with Crippen molar-refractivity contribution < 1.29 is 28.9 Å². The number of ether oxygens (including phenoxy) is 3. The van der Waals surface area contributed by atoms with Gasteiger partial charge in [0.05, 0.1) is 14.2 Å². The Labute approximate surface area is 147 Å². The Balaban J connectivity index is 2.05. The van der Waals surface area contributed by atoms with Gasteiger partial charge in [-0.2, -0.15) is 0 Å². The van der Waals surface area contributed by atoms with E-state index in [1.807, 2.05) is 12.1 Å². The number of carbonyl (C=O) groups is 2. The van der Waals surface area contributed by atoms with E-state index in [9.17, 15) is 14.7 Å². The summed E-state index contributed by atoms with van der Waals surface area (Å²) >= 11 is 0. The van der Waals surface area contributed by atoms with Gasteiger partial charge < -0.3 is 24.6 Å². The van der Waals surface area contributed by atoms with Gasteiger partial charge in [-0.05, 0) is 24.1 Å². The third-order valence-electron chi connectivity index (χ3n) is 4.56. The molecule has 1 amide bonds. The van der Waals surface area contributed by atoms with Crippen LogP contribution in [-0.4, -0.2) is 50.0 Å². The van der Waals surface area contributed by atoms with E-state index in [2.05, 4.69) is 5.32 Å². The summed E-state index contributed by atoms with van der Waals surface area (Å²) in [5.41, 5.74) is -0.321. The molecular formula is C18H25NO6. The molecule has 1 atom stereocenters. The van der Waals surface area contributed by atoms with E-state index in [4.69, 9.17) is 14.2 Å². The van der Waals surface area contributed by atoms with Crippen LogP contribution in [0.4, 0.5) is 0 Å². The molecule has 2 rings (SSSR count). The number of amides is 1. The highest BCUT2D eigenvalue weighted by Gasteiger charge is 2.42. The minimum absolute atomic E-state index is 0.275. The second-order valence-electron chi connectivity index (χ2n) is 6.28. The first-order valence-corrected chi connectivity index (χ1v) is 8.26. The topological polar surface area (TPSA) is 94.1 Å². The fourth-order valence-electron chi connectivity index (χ4n) is 2.93. The predicted octanol–water partition coefficient (Wildman–Crippen LogP) is 1.63. The zero-order valence-corrected chi connectivity index (χ0v) is 14.8. The van der Waals surface area contributed by atoms with Crippen molar-refractivity contribution in [2.45, 2.75) is 31.7 Å². The average Bonchev–Trinajstić information content (AvgIpc) is 2.62. The Bertz CT molecular complexity index is 624. The highest BCUT2D eigenvalue weighted by atomic mass is 16.5. The van der Waals surface area contributed by atoms with Gasteiger partial charge in [-0.3, -0.25) is 4.79 Å². The number of methoxy groups -OCH3 is 2. The van der Waals surface area contributed by atoms with Crippen LogP contribution in [-0.2, 0) is 20.7 Å². The Morgan fingerprint density at radius 1 is 1.24 bits per heavy atom. The van der Waals surface area contributed by atoms with Gasteiger partial charge in [0.2, 0.25) is 5.91 Å². The summed E-state index contributed by atoms with van der Waals surface area (Å²) in [5.74, 6) is -0.451. The van der Waals surface area contributed by atoms with Crippen LogP contribution in [0.1, 0.15) is 25.3 Å². The highest BCUT2D eigenvalue weighted by molar-refractivity contribution is 5.88. The lowest BCUT2D eigenvalue weighted by Gasteiger charge is -2.34. The number of rotatable bonds is 7. The van der Waals surface area contributed by atoms with E-state index < -0.39 is 11.5 Å². The van der Waals surface area contributed by atoms with Crippen molar-refractivity contribution in [2.75, 3.05) is 27.4 Å². The van der Waals surface area contributed by atoms with Gasteiger partial charge in [0.15, 0.2) is 11.5 Å². The highest BCUT2D eigenvalue weighted by Crippen LogP contribution is 2.29. The molecule has 1 aromatic carbocycles. The Morgan fingerprint density at radius 2 is 1.88 bits per heavy atom. The van der Waals surface area contributed by atoms with E-state index in [1.54, 1.807) is 27.2 Å². The monoisotopic (exact) mass is 351 g/mol. The molecule has 1 unspecified atom stereocenters. The van der Waals surface area contributed by atoms with Crippen molar-refractivity contribution in [2.24, 2.45) is 5.92 Å². The van der Waals surface area contributed by atoms with Crippen LogP contribution in [0.15, 0.2) is 18.2 Å². The molecule has 1 aliphatic rings. The number of hydrogen-bond acceptors (Lipinski definition) is 5. The molecule has 1 saturated heterocycles. The first-order chi connectivity index (χ1) is 11.9. The molecule has 0 aromatic heterocycles. The van der Waals surface area contributed by atoms with Crippen molar-refractivity contribution in [1.82, 2.24) is 5.32 Å². The molecule has 1 aliphatic heterocycles. The van der Waals surface area contributed by atoms with Crippen LogP contribution in [0.2, 0.25) is 0 Å².